The summed E-state index contributed by atoms with van der Waals surface area (Å²) >= 11 is 6.09. The maximum absolute atomic E-state index is 13.7. The number of hydrogen-bond acceptors (Lipinski definition) is 4. The number of methoxy groups -OCH3 is 2. The maximum Gasteiger partial charge on any atom is 0.258 e. The Labute approximate surface area is 204 Å². The SMILES string of the molecule is COc1cccc(C(=O)N2c3ccc(OC)cc3C(N(C(C)=O)c3ccc(Cl)cc3)CC2C)c1. The van der Waals surface area contributed by atoms with Crippen LogP contribution in [0.4, 0.5) is 11.4 Å². The zero-order valence-corrected chi connectivity index (χ0v) is 20.4. The fraction of sp³-hybridized carbons (Fsp3) is 0.259. The molecule has 3 aromatic rings. The van der Waals surface area contributed by atoms with E-state index in [0.717, 1.165) is 16.9 Å². The second-order valence-electron chi connectivity index (χ2n) is 8.30. The molecule has 7 heteroatoms. The Morgan fingerprint density at radius 2 is 1.65 bits per heavy atom. The van der Waals surface area contributed by atoms with Crippen LogP contribution in [-0.2, 0) is 4.79 Å². The fourth-order valence-electron chi connectivity index (χ4n) is 4.57. The van der Waals surface area contributed by atoms with Gasteiger partial charge in [0.05, 0.1) is 20.3 Å². The van der Waals surface area contributed by atoms with Gasteiger partial charge in [-0.1, -0.05) is 17.7 Å². The Kier molecular flexibility index (Phi) is 6.80. The van der Waals surface area contributed by atoms with Crippen molar-refractivity contribution in [1.29, 1.82) is 0 Å². The first kappa shape index (κ1) is 23.6. The van der Waals surface area contributed by atoms with E-state index < -0.39 is 0 Å². The molecule has 176 valence electrons. The van der Waals surface area contributed by atoms with Crippen molar-refractivity contribution in [3.63, 3.8) is 0 Å². The molecule has 1 heterocycles. The lowest BCUT2D eigenvalue weighted by atomic mass is 9.89. The largest absolute Gasteiger partial charge is 0.497 e. The van der Waals surface area contributed by atoms with Gasteiger partial charge in [0.15, 0.2) is 0 Å². The molecule has 0 N–H and O–H groups in total. The minimum atomic E-state index is -0.284. The van der Waals surface area contributed by atoms with Gasteiger partial charge in [0.25, 0.3) is 5.91 Å². The Hall–Kier alpha value is -3.51. The van der Waals surface area contributed by atoms with Gasteiger partial charge in [-0.15, -0.1) is 0 Å². The fourth-order valence-corrected chi connectivity index (χ4v) is 4.70. The summed E-state index contributed by atoms with van der Waals surface area (Å²) in [6.07, 6.45) is 0.554. The van der Waals surface area contributed by atoms with E-state index in [2.05, 4.69) is 0 Å². The van der Waals surface area contributed by atoms with Gasteiger partial charge in [-0.3, -0.25) is 9.59 Å². The molecule has 2 unspecified atom stereocenters. The molecule has 0 aliphatic carbocycles. The highest BCUT2D eigenvalue weighted by Crippen LogP contribution is 2.44. The van der Waals surface area contributed by atoms with Gasteiger partial charge in [0.1, 0.15) is 11.5 Å². The van der Waals surface area contributed by atoms with Gasteiger partial charge in [0.2, 0.25) is 5.91 Å². The summed E-state index contributed by atoms with van der Waals surface area (Å²) in [6.45, 7) is 3.55. The zero-order valence-electron chi connectivity index (χ0n) is 19.6. The minimum absolute atomic E-state index is 0.0964. The molecular weight excluding hydrogens is 452 g/mol. The molecule has 0 saturated heterocycles. The highest BCUT2D eigenvalue weighted by molar-refractivity contribution is 6.30. The third-order valence-corrected chi connectivity index (χ3v) is 6.40. The predicted octanol–water partition coefficient (Wildman–Crippen LogP) is 5.89. The summed E-state index contributed by atoms with van der Waals surface area (Å²) in [4.78, 5) is 30.1. The van der Waals surface area contributed by atoms with Crippen molar-refractivity contribution in [2.24, 2.45) is 0 Å². The molecular formula is C27H27ClN2O4. The molecule has 34 heavy (non-hydrogen) atoms. The Morgan fingerprint density at radius 3 is 2.29 bits per heavy atom. The molecule has 0 bridgehead atoms. The van der Waals surface area contributed by atoms with Gasteiger partial charge in [-0.25, -0.2) is 0 Å². The Morgan fingerprint density at radius 1 is 0.971 bits per heavy atom. The lowest BCUT2D eigenvalue weighted by molar-refractivity contribution is -0.117. The Bertz CT molecular complexity index is 1210. The van der Waals surface area contributed by atoms with Gasteiger partial charge < -0.3 is 19.3 Å². The molecule has 6 nitrogen and oxygen atoms in total. The van der Waals surface area contributed by atoms with Crippen LogP contribution in [0.15, 0.2) is 66.7 Å². The number of anilines is 2. The molecule has 2 amide bonds. The first-order chi connectivity index (χ1) is 16.3. The van der Waals surface area contributed by atoms with Gasteiger partial charge in [0, 0.05) is 40.5 Å². The van der Waals surface area contributed by atoms with Crippen molar-refractivity contribution in [2.45, 2.75) is 32.4 Å². The molecule has 4 rings (SSSR count). The van der Waals surface area contributed by atoms with Crippen molar-refractivity contribution in [3.8, 4) is 11.5 Å². The average Bonchev–Trinajstić information content (AvgIpc) is 2.84. The lowest BCUT2D eigenvalue weighted by Crippen LogP contribution is -2.47. The van der Waals surface area contributed by atoms with Crippen LogP contribution in [0.3, 0.4) is 0 Å². The first-order valence-electron chi connectivity index (χ1n) is 11.0. The van der Waals surface area contributed by atoms with Crippen LogP contribution in [0.5, 0.6) is 11.5 Å². The minimum Gasteiger partial charge on any atom is -0.497 e. The van der Waals surface area contributed by atoms with Crippen molar-refractivity contribution < 1.29 is 19.1 Å². The number of carbonyl (C=O) groups is 2. The first-order valence-corrected chi connectivity index (χ1v) is 11.4. The summed E-state index contributed by atoms with van der Waals surface area (Å²) in [5, 5.41) is 0.599. The third-order valence-electron chi connectivity index (χ3n) is 6.15. The van der Waals surface area contributed by atoms with Crippen LogP contribution in [0.1, 0.15) is 42.2 Å². The van der Waals surface area contributed by atoms with E-state index in [1.807, 2.05) is 43.3 Å². The number of nitrogens with zero attached hydrogens (tertiary/aromatic N) is 2. The van der Waals surface area contributed by atoms with E-state index in [9.17, 15) is 9.59 Å². The van der Waals surface area contributed by atoms with E-state index in [4.69, 9.17) is 21.1 Å². The van der Waals surface area contributed by atoms with E-state index in [1.54, 1.807) is 61.3 Å². The standard InChI is InChI=1S/C27H27ClN2O4/c1-17-14-26(30(18(2)31)21-10-8-20(28)9-11-21)24-16-23(34-4)12-13-25(24)29(17)27(32)19-6-5-7-22(15-19)33-3/h5-13,15-17,26H,14H2,1-4H3. The number of carbonyl (C=O) groups excluding carboxylic acids is 2. The average molecular weight is 479 g/mol. The normalized spacial score (nSPS) is 17.0. The van der Waals surface area contributed by atoms with E-state index in [0.29, 0.717) is 28.5 Å². The predicted molar refractivity (Wildman–Crippen MR) is 134 cm³/mol. The molecule has 3 aromatic carbocycles. The summed E-state index contributed by atoms with van der Waals surface area (Å²) in [5.41, 5.74) is 2.87. The van der Waals surface area contributed by atoms with E-state index in [-0.39, 0.29) is 23.9 Å². The van der Waals surface area contributed by atoms with Crippen molar-refractivity contribution in [1.82, 2.24) is 0 Å². The molecule has 0 fully saturated rings. The van der Waals surface area contributed by atoms with Crippen LogP contribution in [0, 0.1) is 0 Å². The molecule has 0 radical (unpaired) electrons. The molecule has 0 aromatic heterocycles. The van der Waals surface area contributed by atoms with E-state index >= 15 is 0 Å². The summed E-state index contributed by atoms with van der Waals surface area (Å²) < 4.78 is 10.8. The van der Waals surface area contributed by atoms with Crippen LogP contribution < -0.4 is 19.3 Å². The molecule has 1 aliphatic heterocycles. The number of ether oxygens (including phenoxy) is 2. The third kappa shape index (κ3) is 4.46. The lowest BCUT2D eigenvalue weighted by Gasteiger charge is -2.43. The zero-order chi connectivity index (χ0) is 24.4. The van der Waals surface area contributed by atoms with Crippen LogP contribution in [0.25, 0.3) is 0 Å². The number of hydrogen-bond donors (Lipinski definition) is 0. The highest BCUT2D eigenvalue weighted by Gasteiger charge is 2.38. The summed E-state index contributed by atoms with van der Waals surface area (Å²) in [7, 11) is 3.18. The topological polar surface area (TPSA) is 59.1 Å². The van der Waals surface area contributed by atoms with Crippen molar-refractivity contribution >= 4 is 34.8 Å². The summed E-state index contributed by atoms with van der Waals surface area (Å²) in [6, 6.07) is 19.5. The van der Waals surface area contributed by atoms with Gasteiger partial charge >= 0.3 is 0 Å². The quantitative estimate of drug-likeness (QED) is 0.458. The molecule has 1 aliphatic rings. The summed E-state index contributed by atoms with van der Waals surface area (Å²) in [5.74, 6) is 1.05. The number of fused-ring (bicyclic) bond motifs is 1. The van der Waals surface area contributed by atoms with E-state index in [1.165, 1.54) is 0 Å². The van der Waals surface area contributed by atoms with Crippen molar-refractivity contribution in [2.75, 3.05) is 24.0 Å². The van der Waals surface area contributed by atoms with Gasteiger partial charge in [-0.05, 0) is 74.0 Å². The maximum atomic E-state index is 13.7. The molecule has 2 atom stereocenters. The van der Waals surface area contributed by atoms with Crippen molar-refractivity contribution in [3.05, 3.63) is 82.9 Å². The molecule has 0 saturated carbocycles. The monoisotopic (exact) mass is 478 g/mol. The smallest absolute Gasteiger partial charge is 0.258 e. The number of benzene rings is 3. The van der Waals surface area contributed by atoms with Crippen LogP contribution in [0.2, 0.25) is 5.02 Å². The number of halogens is 1. The number of amides is 2. The second-order valence-corrected chi connectivity index (χ2v) is 8.73. The highest BCUT2D eigenvalue weighted by atomic mass is 35.5. The van der Waals surface area contributed by atoms with Gasteiger partial charge in [-0.2, -0.15) is 0 Å². The van der Waals surface area contributed by atoms with Crippen LogP contribution in [-0.4, -0.2) is 32.1 Å². The molecule has 0 spiro atoms. The number of rotatable bonds is 5. The van der Waals surface area contributed by atoms with Crippen LogP contribution >= 0.6 is 11.6 Å². The Balaban J connectivity index is 1.82. The second kappa shape index (κ2) is 9.77.